The summed E-state index contributed by atoms with van der Waals surface area (Å²) in [5.41, 5.74) is 12.6. The van der Waals surface area contributed by atoms with Crippen molar-refractivity contribution in [3.05, 3.63) is 154 Å². The van der Waals surface area contributed by atoms with Crippen LogP contribution in [0.25, 0.3) is 24.3 Å². The van der Waals surface area contributed by atoms with E-state index in [9.17, 15) is 0 Å². The van der Waals surface area contributed by atoms with Crippen molar-refractivity contribution in [2.75, 3.05) is 36.0 Å². The number of rotatable bonds is 14. The summed E-state index contributed by atoms with van der Waals surface area (Å²) in [4.78, 5) is 4.74. The molecule has 0 unspecified atom stereocenters. The van der Waals surface area contributed by atoms with Crippen molar-refractivity contribution in [2.24, 2.45) is 0 Å². The summed E-state index contributed by atoms with van der Waals surface area (Å²) in [6.07, 6.45) is 17.7. The first-order chi connectivity index (χ1) is 23.4. The Labute approximate surface area is 288 Å². The van der Waals surface area contributed by atoms with E-state index in [0.29, 0.717) is 0 Å². The molecule has 2 heterocycles. The van der Waals surface area contributed by atoms with Crippen molar-refractivity contribution in [1.29, 1.82) is 0 Å². The lowest BCUT2D eigenvalue weighted by molar-refractivity contribution is -0.689. The number of hydrogen-bond acceptors (Lipinski definition) is 2. The number of nitrogens with zero attached hydrogens (tertiary/aromatic N) is 4. The highest BCUT2D eigenvalue weighted by atomic mass is 15.1. The number of aromatic nitrogens is 2. The monoisotopic (exact) mass is 636 g/mol. The Kier molecular flexibility index (Phi) is 12.0. The lowest BCUT2D eigenvalue weighted by atomic mass is 10.1. The summed E-state index contributed by atoms with van der Waals surface area (Å²) in [7, 11) is 0. The van der Waals surface area contributed by atoms with Gasteiger partial charge in [-0.2, -0.15) is 0 Å². The number of aryl methyl sites for hydroxylation is 2. The van der Waals surface area contributed by atoms with Gasteiger partial charge >= 0.3 is 0 Å². The van der Waals surface area contributed by atoms with Gasteiger partial charge in [0.1, 0.15) is 0 Å². The van der Waals surface area contributed by atoms with E-state index in [2.05, 4.69) is 194 Å². The fourth-order valence-electron chi connectivity index (χ4n) is 6.23. The van der Waals surface area contributed by atoms with Crippen LogP contribution < -0.4 is 18.9 Å². The molecule has 0 fully saturated rings. The molecule has 0 amide bonds. The molecular formula is C44H52N4+2. The topological polar surface area (TPSA) is 14.2 Å². The van der Waals surface area contributed by atoms with Crippen LogP contribution in [-0.4, -0.2) is 26.2 Å². The summed E-state index contributed by atoms with van der Waals surface area (Å²) in [5.74, 6) is 0. The van der Waals surface area contributed by atoms with Crippen LogP contribution >= 0.6 is 0 Å². The van der Waals surface area contributed by atoms with Gasteiger partial charge in [-0.3, -0.25) is 0 Å². The maximum atomic E-state index is 2.37. The molecule has 0 saturated carbocycles. The van der Waals surface area contributed by atoms with E-state index in [4.69, 9.17) is 0 Å². The molecule has 5 rings (SSSR count). The van der Waals surface area contributed by atoms with Gasteiger partial charge in [0, 0.05) is 71.9 Å². The van der Waals surface area contributed by atoms with E-state index in [1.54, 1.807) is 0 Å². The molecule has 4 heteroatoms. The molecule has 4 nitrogen and oxygen atoms in total. The highest BCUT2D eigenvalue weighted by Crippen LogP contribution is 2.19. The summed E-state index contributed by atoms with van der Waals surface area (Å²) >= 11 is 0. The van der Waals surface area contributed by atoms with Gasteiger partial charge in [-0.25, -0.2) is 9.13 Å². The first-order valence-electron chi connectivity index (χ1n) is 17.5. The third-order valence-electron chi connectivity index (χ3n) is 9.23. The maximum absolute atomic E-state index is 2.37. The van der Waals surface area contributed by atoms with E-state index in [-0.39, 0.29) is 0 Å². The van der Waals surface area contributed by atoms with Crippen molar-refractivity contribution in [3.63, 3.8) is 0 Å². The average Bonchev–Trinajstić information content (AvgIpc) is 3.10. The predicted octanol–water partition coefficient (Wildman–Crippen LogP) is 9.01. The fraction of sp³-hybridized carbons (Fsp3) is 0.273. The molecule has 0 N–H and O–H groups in total. The van der Waals surface area contributed by atoms with E-state index in [1.165, 1.54) is 55.9 Å². The standard InChI is InChI=1S/C44H52N4/c1-7-47(8-2)43-23-17-37(18-24-43)15-21-41-27-29-45(31-35(41)5)33-39-11-13-40(14-12-39)34-46-30-28-42(36(6)32-46)22-16-38-19-25-44(26-20-38)48(9-3)10-4/h11-32H,7-10,33-34H2,1-6H3/q+2. The van der Waals surface area contributed by atoms with Gasteiger partial charge in [-0.15, -0.1) is 0 Å². The zero-order chi connectivity index (χ0) is 33.9. The average molecular weight is 637 g/mol. The largest absolute Gasteiger partial charge is 0.372 e. The van der Waals surface area contributed by atoms with Crippen molar-refractivity contribution in [2.45, 2.75) is 54.6 Å². The van der Waals surface area contributed by atoms with Crippen LogP contribution in [0.2, 0.25) is 0 Å². The minimum absolute atomic E-state index is 0.851. The number of anilines is 2. The SMILES string of the molecule is CCN(CC)c1ccc(/C=C/c2cc[n+](Cc3ccc(C[n+]4ccc(/C=C/c5ccc(N(CC)CC)cc5)c(C)c4)cc3)cc2C)cc1. The summed E-state index contributed by atoms with van der Waals surface area (Å²) < 4.78 is 4.54. The predicted molar refractivity (Wildman–Crippen MR) is 205 cm³/mol. The molecule has 246 valence electrons. The lowest BCUT2D eigenvalue weighted by Gasteiger charge is -2.20. The van der Waals surface area contributed by atoms with Crippen molar-refractivity contribution in [1.82, 2.24) is 0 Å². The highest BCUT2D eigenvalue weighted by molar-refractivity contribution is 5.72. The molecule has 0 spiro atoms. The molecule has 2 aromatic heterocycles. The number of hydrogen-bond donors (Lipinski definition) is 0. The molecule has 5 aromatic rings. The molecule has 0 radical (unpaired) electrons. The van der Waals surface area contributed by atoms with Crippen LogP contribution in [-0.2, 0) is 13.1 Å². The minimum atomic E-state index is 0.851. The molecule has 48 heavy (non-hydrogen) atoms. The molecule has 3 aromatic carbocycles. The molecular weight excluding hydrogens is 585 g/mol. The quantitative estimate of drug-likeness (QED) is 0.113. The number of pyridine rings is 2. The Hall–Kier alpha value is -4.96. The van der Waals surface area contributed by atoms with Crippen LogP contribution in [0.15, 0.2) is 110 Å². The second-order valence-corrected chi connectivity index (χ2v) is 12.5. The van der Waals surface area contributed by atoms with Crippen LogP contribution in [0.3, 0.4) is 0 Å². The molecule has 0 atom stereocenters. The van der Waals surface area contributed by atoms with Crippen molar-refractivity contribution >= 4 is 35.7 Å². The zero-order valence-electron chi connectivity index (χ0n) is 29.7. The van der Waals surface area contributed by atoms with Gasteiger partial charge in [-0.05, 0) is 88.1 Å². The second-order valence-electron chi connectivity index (χ2n) is 12.5. The number of benzene rings is 3. The van der Waals surface area contributed by atoms with Gasteiger partial charge in [-0.1, -0.05) is 72.8 Å². The van der Waals surface area contributed by atoms with E-state index in [0.717, 1.165) is 39.3 Å². The first kappa shape index (κ1) is 34.4. The Morgan fingerprint density at radius 1 is 0.458 bits per heavy atom. The van der Waals surface area contributed by atoms with Gasteiger partial charge in [0.2, 0.25) is 0 Å². The molecule has 0 aliphatic rings. The summed E-state index contributed by atoms with van der Waals surface area (Å²) in [6.45, 7) is 19.0. The van der Waals surface area contributed by atoms with Crippen LogP contribution in [0.4, 0.5) is 11.4 Å². The Morgan fingerprint density at radius 2 is 0.812 bits per heavy atom. The van der Waals surface area contributed by atoms with E-state index >= 15 is 0 Å². The third-order valence-corrected chi connectivity index (χ3v) is 9.23. The van der Waals surface area contributed by atoms with Gasteiger partial charge in [0.25, 0.3) is 0 Å². The van der Waals surface area contributed by atoms with Crippen LogP contribution in [0, 0.1) is 13.8 Å². The van der Waals surface area contributed by atoms with Gasteiger partial charge in [0.05, 0.1) is 0 Å². The summed E-state index contributed by atoms with van der Waals surface area (Å²) in [6, 6.07) is 31.1. The maximum Gasteiger partial charge on any atom is 0.173 e. The van der Waals surface area contributed by atoms with E-state index in [1.807, 2.05) is 0 Å². The Balaban J connectivity index is 1.15. The Morgan fingerprint density at radius 3 is 1.12 bits per heavy atom. The minimum Gasteiger partial charge on any atom is -0.372 e. The molecule has 0 bridgehead atoms. The van der Waals surface area contributed by atoms with Gasteiger partial charge < -0.3 is 9.80 Å². The van der Waals surface area contributed by atoms with Gasteiger partial charge in [0.15, 0.2) is 37.9 Å². The smallest absolute Gasteiger partial charge is 0.173 e. The lowest BCUT2D eigenvalue weighted by Crippen LogP contribution is -2.34. The second kappa shape index (κ2) is 16.7. The highest BCUT2D eigenvalue weighted by Gasteiger charge is 2.10. The van der Waals surface area contributed by atoms with Crippen LogP contribution in [0.5, 0.6) is 0 Å². The summed E-state index contributed by atoms with van der Waals surface area (Å²) in [5, 5.41) is 0. The first-order valence-corrected chi connectivity index (χ1v) is 17.5. The van der Waals surface area contributed by atoms with Crippen molar-refractivity contribution in [3.8, 4) is 0 Å². The zero-order valence-corrected chi connectivity index (χ0v) is 29.7. The van der Waals surface area contributed by atoms with E-state index < -0.39 is 0 Å². The molecule has 0 aliphatic heterocycles. The molecule has 0 aliphatic carbocycles. The van der Waals surface area contributed by atoms with Crippen molar-refractivity contribution < 1.29 is 9.13 Å². The fourth-order valence-corrected chi connectivity index (χ4v) is 6.23. The normalized spacial score (nSPS) is 11.5. The molecule has 0 saturated heterocycles. The third kappa shape index (κ3) is 9.10. The van der Waals surface area contributed by atoms with Crippen LogP contribution in [0.1, 0.15) is 72.2 Å². The Bertz CT molecular complexity index is 1670.